The van der Waals surface area contributed by atoms with E-state index in [4.69, 9.17) is 4.74 Å². The molecule has 2 aromatic carbocycles. The van der Waals surface area contributed by atoms with Crippen LogP contribution in [0.2, 0.25) is 0 Å². The van der Waals surface area contributed by atoms with Crippen LogP contribution in [0.1, 0.15) is 16.1 Å². The first-order valence-corrected chi connectivity index (χ1v) is 7.27. The molecule has 0 amide bonds. The number of carbonyl (C=O) groups is 1. The minimum absolute atomic E-state index is 0.396. The van der Waals surface area contributed by atoms with E-state index < -0.39 is 5.97 Å². The Kier molecular flexibility index (Phi) is 3.71. The van der Waals surface area contributed by atoms with Crippen molar-refractivity contribution in [2.75, 3.05) is 0 Å². The first-order valence-electron chi connectivity index (χ1n) is 6.47. The van der Waals surface area contributed by atoms with Crippen molar-refractivity contribution in [3.63, 3.8) is 0 Å². The Morgan fingerprint density at radius 2 is 1.90 bits per heavy atom. The summed E-state index contributed by atoms with van der Waals surface area (Å²) in [5.74, 6) is 0.0771. The van der Waals surface area contributed by atoms with Gasteiger partial charge in [-0.25, -0.2) is 9.78 Å². The highest BCUT2D eigenvalue weighted by Gasteiger charge is 2.12. The van der Waals surface area contributed by atoms with Gasteiger partial charge in [0, 0.05) is 15.6 Å². The SMILES string of the molecule is Cc1ccc2cccc(OC(=O)c3cccc(Br)c3)c2n1. The number of para-hydroxylation sites is 1. The third-order valence-electron chi connectivity index (χ3n) is 3.09. The number of esters is 1. The Hall–Kier alpha value is -2.20. The van der Waals surface area contributed by atoms with Gasteiger partial charge >= 0.3 is 5.97 Å². The quantitative estimate of drug-likeness (QED) is 0.508. The second-order valence-electron chi connectivity index (χ2n) is 4.68. The molecule has 104 valence electrons. The molecule has 3 rings (SSSR count). The number of pyridine rings is 1. The Morgan fingerprint density at radius 1 is 1.10 bits per heavy atom. The van der Waals surface area contributed by atoms with Crippen molar-refractivity contribution in [2.24, 2.45) is 0 Å². The van der Waals surface area contributed by atoms with E-state index in [1.165, 1.54) is 0 Å². The molecule has 0 bridgehead atoms. The summed E-state index contributed by atoms with van der Waals surface area (Å²) in [7, 11) is 0. The lowest BCUT2D eigenvalue weighted by Gasteiger charge is -2.08. The van der Waals surface area contributed by atoms with Gasteiger partial charge in [0.05, 0.1) is 5.56 Å². The van der Waals surface area contributed by atoms with Crippen LogP contribution in [0.15, 0.2) is 59.1 Å². The summed E-state index contributed by atoms with van der Waals surface area (Å²) in [6, 6.07) is 16.6. The van der Waals surface area contributed by atoms with Crippen LogP contribution in [0.5, 0.6) is 5.75 Å². The Bertz CT molecular complexity index is 830. The van der Waals surface area contributed by atoms with Gasteiger partial charge in [0.2, 0.25) is 0 Å². The van der Waals surface area contributed by atoms with Gasteiger partial charge < -0.3 is 4.74 Å². The van der Waals surface area contributed by atoms with E-state index in [-0.39, 0.29) is 0 Å². The van der Waals surface area contributed by atoms with Gasteiger partial charge in [0.15, 0.2) is 5.75 Å². The zero-order chi connectivity index (χ0) is 14.8. The molecule has 3 aromatic rings. The summed E-state index contributed by atoms with van der Waals surface area (Å²) < 4.78 is 6.34. The Labute approximate surface area is 130 Å². The molecule has 0 N–H and O–H groups in total. The number of hydrogen-bond acceptors (Lipinski definition) is 3. The number of nitrogens with zero attached hydrogens (tertiary/aromatic N) is 1. The predicted octanol–water partition coefficient (Wildman–Crippen LogP) is 4.52. The molecular formula is C17H12BrNO2. The molecule has 0 saturated carbocycles. The molecule has 4 heteroatoms. The maximum Gasteiger partial charge on any atom is 0.343 e. The molecule has 0 fully saturated rings. The van der Waals surface area contributed by atoms with E-state index in [0.717, 1.165) is 15.6 Å². The largest absolute Gasteiger partial charge is 0.421 e. The molecule has 21 heavy (non-hydrogen) atoms. The fourth-order valence-corrected chi connectivity index (χ4v) is 2.47. The van der Waals surface area contributed by atoms with Crippen LogP contribution in [-0.4, -0.2) is 11.0 Å². The maximum absolute atomic E-state index is 12.2. The Morgan fingerprint density at radius 3 is 2.71 bits per heavy atom. The fraction of sp³-hybridized carbons (Fsp3) is 0.0588. The van der Waals surface area contributed by atoms with Crippen LogP contribution in [0.3, 0.4) is 0 Å². The highest BCUT2D eigenvalue weighted by molar-refractivity contribution is 9.10. The first kappa shape index (κ1) is 13.8. The van der Waals surface area contributed by atoms with Crippen molar-refractivity contribution < 1.29 is 9.53 Å². The predicted molar refractivity (Wildman–Crippen MR) is 85.6 cm³/mol. The third-order valence-corrected chi connectivity index (χ3v) is 3.58. The summed E-state index contributed by atoms with van der Waals surface area (Å²) in [4.78, 5) is 16.7. The number of rotatable bonds is 2. The molecule has 0 unspecified atom stereocenters. The normalized spacial score (nSPS) is 10.6. The first-order chi connectivity index (χ1) is 10.1. The fourth-order valence-electron chi connectivity index (χ4n) is 2.07. The monoisotopic (exact) mass is 341 g/mol. The number of fused-ring (bicyclic) bond motifs is 1. The van der Waals surface area contributed by atoms with Crippen LogP contribution < -0.4 is 4.74 Å². The summed E-state index contributed by atoms with van der Waals surface area (Å²) in [5.41, 5.74) is 2.07. The number of hydrogen-bond donors (Lipinski definition) is 0. The van der Waals surface area contributed by atoms with E-state index in [0.29, 0.717) is 16.8 Å². The second kappa shape index (κ2) is 5.66. The molecule has 0 saturated heterocycles. The van der Waals surface area contributed by atoms with Crippen LogP contribution >= 0.6 is 15.9 Å². The van der Waals surface area contributed by atoms with Crippen LogP contribution in [-0.2, 0) is 0 Å². The van der Waals surface area contributed by atoms with E-state index in [1.54, 1.807) is 24.3 Å². The summed E-state index contributed by atoms with van der Waals surface area (Å²) >= 11 is 3.35. The van der Waals surface area contributed by atoms with E-state index >= 15 is 0 Å². The molecule has 1 aromatic heterocycles. The van der Waals surface area contributed by atoms with E-state index in [1.807, 2.05) is 37.3 Å². The van der Waals surface area contributed by atoms with Gasteiger partial charge in [0.25, 0.3) is 0 Å². The summed E-state index contributed by atoms with van der Waals surface area (Å²) in [6.45, 7) is 1.91. The molecule has 0 atom stereocenters. The lowest BCUT2D eigenvalue weighted by atomic mass is 10.2. The van der Waals surface area contributed by atoms with Crippen molar-refractivity contribution in [2.45, 2.75) is 6.92 Å². The highest BCUT2D eigenvalue weighted by atomic mass is 79.9. The maximum atomic E-state index is 12.2. The number of aromatic nitrogens is 1. The molecule has 1 heterocycles. The van der Waals surface area contributed by atoms with E-state index in [9.17, 15) is 4.79 Å². The topological polar surface area (TPSA) is 39.2 Å². The molecule has 0 aliphatic carbocycles. The van der Waals surface area contributed by atoms with Crippen molar-refractivity contribution in [3.05, 3.63) is 70.3 Å². The second-order valence-corrected chi connectivity index (χ2v) is 5.60. The van der Waals surface area contributed by atoms with Crippen molar-refractivity contribution in [1.29, 1.82) is 0 Å². The van der Waals surface area contributed by atoms with Gasteiger partial charge in [0.1, 0.15) is 5.52 Å². The standard InChI is InChI=1S/C17H12BrNO2/c1-11-8-9-12-4-3-7-15(16(12)19-11)21-17(20)13-5-2-6-14(18)10-13/h2-10H,1H3. The van der Waals surface area contributed by atoms with Gasteiger partial charge in [-0.3, -0.25) is 0 Å². The Balaban J connectivity index is 1.98. The van der Waals surface area contributed by atoms with Gasteiger partial charge in [-0.15, -0.1) is 0 Å². The highest BCUT2D eigenvalue weighted by Crippen LogP contribution is 2.25. The van der Waals surface area contributed by atoms with Crippen molar-refractivity contribution >= 4 is 32.8 Å². The molecule has 3 nitrogen and oxygen atoms in total. The molecule has 0 aliphatic heterocycles. The average molecular weight is 342 g/mol. The zero-order valence-corrected chi connectivity index (χ0v) is 12.9. The van der Waals surface area contributed by atoms with Crippen LogP contribution in [0.25, 0.3) is 10.9 Å². The van der Waals surface area contributed by atoms with Crippen LogP contribution in [0, 0.1) is 6.92 Å². The number of carbonyl (C=O) groups excluding carboxylic acids is 1. The van der Waals surface area contributed by atoms with Gasteiger partial charge in [-0.1, -0.05) is 40.2 Å². The number of halogens is 1. The molecule has 0 radical (unpaired) electrons. The summed E-state index contributed by atoms with van der Waals surface area (Å²) in [6.07, 6.45) is 0. The smallest absolute Gasteiger partial charge is 0.343 e. The van der Waals surface area contributed by atoms with E-state index in [2.05, 4.69) is 20.9 Å². The lowest BCUT2D eigenvalue weighted by molar-refractivity contribution is 0.0736. The molecule has 0 aliphatic rings. The minimum atomic E-state index is -0.396. The van der Waals surface area contributed by atoms with Gasteiger partial charge in [-0.2, -0.15) is 0 Å². The zero-order valence-electron chi connectivity index (χ0n) is 11.3. The van der Waals surface area contributed by atoms with Crippen LogP contribution in [0.4, 0.5) is 0 Å². The number of ether oxygens (including phenoxy) is 1. The minimum Gasteiger partial charge on any atom is -0.421 e. The van der Waals surface area contributed by atoms with Gasteiger partial charge in [-0.05, 0) is 37.3 Å². The number of aryl methyl sites for hydroxylation is 1. The molecular weight excluding hydrogens is 330 g/mol. The summed E-state index contributed by atoms with van der Waals surface area (Å²) in [5, 5.41) is 0.945. The average Bonchev–Trinajstić information content (AvgIpc) is 2.48. The molecule has 0 spiro atoms. The third kappa shape index (κ3) is 2.95. The van der Waals surface area contributed by atoms with Crippen molar-refractivity contribution in [1.82, 2.24) is 4.98 Å². The lowest BCUT2D eigenvalue weighted by Crippen LogP contribution is -2.09. The number of benzene rings is 2. The van der Waals surface area contributed by atoms with Crippen molar-refractivity contribution in [3.8, 4) is 5.75 Å².